The van der Waals surface area contributed by atoms with E-state index in [1.54, 1.807) is 0 Å². The molecule has 108 valence electrons. The van der Waals surface area contributed by atoms with Crippen molar-refractivity contribution in [2.45, 2.75) is 49.0 Å². The highest BCUT2D eigenvalue weighted by atomic mass is 32.2. The number of ether oxygens (including phenoxy) is 2. The van der Waals surface area contributed by atoms with E-state index in [9.17, 15) is 0 Å². The highest BCUT2D eigenvalue weighted by Crippen LogP contribution is 2.43. The largest absolute Gasteiger partial charge is 0.352 e. The summed E-state index contributed by atoms with van der Waals surface area (Å²) in [6.07, 6.45) is 1.03. The second-order valence-corrected chi connectivity index (χ2v) is 7.25. The van der Waals surface area contributed by atoms with E-state index < -0.39 is 0 Å². The molecule has 0 aromatic carbocycles. The number of rotatable bonds is 7. The molecule has 19 heavy (non-hydrogen) atoms. The third-order valence-corrected chi connectivity index (χ3v) is 5.49. The van der Waals surface area contributed by atoms with E-state index in [1.807, 2.05) is 36.9 Å². The smallest absolute Gasteiger partial charge is 0.169 e. The van der Waals surface area contributed by atoms with Gasteiger partial charge in [-0.1, -0.05) is 6.92 Å². The van der Waals surface area contributed by atoms with E-state index >= 15 is 0 Å². The lowest BCUT2D eigenvalue weighted by atomic mass is 10.0. The Hall–Kier alpha value is -0.0700. The van der Waals surface area contributed by atoms with E-state index in [1.165, 1.54) is 16.2 Å². The van der Waals surface area contributed by atoms with Gasteiger partial charge < -0.3 is 14.8 Å². The summed E-state index contributed by atoms with van der Waals surface area (Å²) in [6, 6.07) is 2.67. The summed E-state index contributed by atoms with van der Waals surface area (Å²) >= 11 is 3.84. The van der Waals surface area contributed by atoms with Gasteiger partial charge in [-0.05, 0) is 37.3 Å². The van der Waals surface area contributed by atoms with Gasteiger partial charge in [0.2, 0.25) is 0 Å². The summed E-state index contributed by atoms with van der Waals surface area (Å²) in [6.45, 7) is 8.42. The van der Waals surface area contributed by atoms with Gasteiger partial charge in [-0.15, -0.1) is 23.1 Å². The predicted molar refractivity (Wildman–Crippen MR) is 82.0 cm³/mol. The molecule has 1 aliphatic rings. The van der Waals surface area contributed by atoms with Crippen LogP contribution in [-0.2, 0) is 9.47 Å². The van der Waals surface area contributed by atoms with Crippen LogP contribution in [0.4, 0.5) is 0 Å². The van der Waals surface area contributed by atoms with Crippen molar-refractivity contribution in [1.82, 2.24) is 5.32 Å². The minimum Gasteiger partial charge on any atom is -0.352 e. The highest BCUT2D eigenvalue weighted by molar-refractivity contribution is 8.01. The van der Waals surface area contributed by atoms with Crippen LogP contribution in [0.1, 0.15) is 38.8 Å². The second kappa shape index (κ2) is 7.64. The number of hydrogen-bond donors (Lipinski definition) is 1. The number of thiophene rings is 1. The van der Waals surface area contributed by atoms with Crippen LogP contribution in [0.5, 0.6) is 0 Å². The fraction of sp³-hybridized carbons (Fsp3) is 0.714. The third kappa shape index (κ3) is 4.20. The molecule has 1 aliphatic heterocycles. The van der Waals surface area contributed by atoms with Gasteiger partial charge in [-0.3, -0.25) is 0 Å². The zero-order valence-electron chi connectivity index (χ0n) is 11.8. The van der Waals surface area contributed by atoms with Crippen LogP contribution < -0.4 is 5.32 Å². The van der Waals surface area contributed by atoms with Crippen molar-refractivity contribution in [3.05, 3.63) is 17.0 Å². The lowest BCUT2D eigenvalue weighted by Crippen LogP contribution is -2.35. The van der Waals surface area contributed by atoms with Crippen LogP contribution in [0.15, 0.2) is 15.7 Å². The Balaban J connectivity index is 1.92. The molecule has 0 fully saturated rings. The lowest BCUT2D eigenvalue weighted by Gasteiger charge is -2.29. The van der Waals surface area contributed by atoms with Crippen molar-refractivity contribution < 1.29 is 9.47 Å². The molecule has 0 radical (unpaired) electrons. The van der Waals surface area contributed by atoms with Crippen LogP contribution >= 0.6 is 23.1 Å². The number of nitrogens with one attached hydrogen (secondary N) is 1. The quantitative estimate of drug-likeness (QED) is 0.779. The van der Waals surface area contributed by atoms with Crippen LogP contribution in [-0.4, -0.2) is 31.3 Å². The van der Waals surface area contributed by atoms with Gasteiger partial charge in [0.25, 0.3) is 0 Å². The Morgan fingerprint density at radius 1 is 1.37 bits per heavy atom. The van der Waals surface area contributed by atoms with E-state index in [-0.39, 0.29) is 6.29 Å². The predicted octanol–water partition coefficient (Wildman–Crippen LogP) is 3.66. The molecule has 1 aromatic rings. The Labute approximate surface area is 124 Å². The maximum Gasteiger partial charge on any atom is 0.169 e. The first-order valence-corrected chi connectivity index (χ1v) is 8.71. The van der Waals surface area contributed by atoms with Gasteiger partial charge in [-0.2, -0.15) is 0 Å². The molecule has 5 heteroatoms. The molecule has 3 nitrogen and oxygen atoms in total. The third-order valence-electron chi connectivity index (χ3n) is 3.15. The van der Waals surface area contributed by atoms with Crippen molar-refractivity contribution in [2.24, 2.45) is 0 Å². The van der Waals surface area contributed by atoms with Crippen molar-refractivity contribution in [3.8, 4) is 0 Å². The first-order chi connectivity index (χ1) is 9.24. The minimum absolute atomic E-state index is 0.137. The SMILES string of the molecule is CCOC(CNC1C[C@H](C)Sc2sccc21)OCC. The van der Waals surface area contributed by atoms with Crippen LogP contribution in [0.25, 0.3) is 0 Å². The monoisotopic (exact) mass is 301 g/mol. The maximum absolute atomic E-state index is 5.58. The van der Waals surface area contributed by atoms with Gasteiger partial charge in [0, 0.05) is 31.1 Å². The molecule has 2 atom stereocenters. The number of thioether (sulfide) groups is 1. The van der Waals surface area contributed by atoms with Crippen molar-refractivity contribution >= 4 is 23.1 Å². The summed E-state index contributed by atoms with van der Waals surface area (Å²) in [5.41, 5.74) is 1.44. The van der Waals surface area contributed by atoms with E-state index in [0.29, 0.717) is 24.5 Å². The lowest BCUT2D eigenvalue weighted by molar-refractivity contribution is -0.133. The zero-order chi connectivity index (χ0) is 13.7. The van der Waals surface area contributed by atoms with Crippen molar-refractivity contribution in [1.29, 1.82) is 0 Å². The summed E-state index contributed by atoms with van der Waals surface area (Å²) in [5.74, 6) is 0. The van der Waals surface area contributed by atoms with Gasteiger partial charge in [-0.25, -0.2) is 0 Å². The molecule has 0 saturated heterocycles. The fourth-order valence-corrected chi connectivity index (χ4v) is 4.89. The molecule has 0 amide bonds. The summed E-state index contributed by atoms with van der Waals surface area (Å²) in [5, 5.41) is 6.46. The Morgan fingerprint density at radius 2 is 2.11 bits per heavy atom. The molecule has 0 spiro atoms. The minimum atomic E-state index is -0.137. The highest BCUT2D eigenvalue weighted by Gasteiger charge is 2.26. The number of hydrogen-bond acceptors (Lipinski definition) is 5. The zero-order valence-corrected chi connectivity index (χ0v) is 13.5. The van der Waals surface area contributed by atoms with E-state index in [4.69, 9.17) is 9.47 Å². The molecule has 0 aliphatic carbocycles. The molecule has 1 aromatic heterocycles. The van der Waals surface area contributed by atoms with Crippen LogP contribution in [0.2, 0.25) is 0 Å². The molecule has 2 rings (SSSR count). The molecular weight excluding hydrogens is 278 g/mol. The molecule has 2 heterocycles. The summed E-state index contributed by atoms with van der Waals surface area (Å²) in [4.78, 5) is 0. The number of fused-ring (bicyclic) bond motifs is 1. The topological polar surface area (TPSA) is 30.5 Å². The normalized spacial score (nSPS) is 22.7. The average molecular weight is 301 g/mol. The molecule has 1 N–H and O–H groups in total. The first kappa shape index (κ1) is 15.3. The van der Waals surface area contributed by atoms with Crippen LogP contribution in [0, 0.1) is 0 Å². The molecule has 0 saturated carbocycles. The fourth-order valence-electron chi connectivity index (χ4n) is 2.32. The van der Waals surface area contributed by atoms with Crippen LogP contribution in [0.3, 0.4) is 0 Å². The molecule has 1 unspecified atom stereocenters. The van der Waals surface area contributed by atoms with Crippen molar-refractivity contribution in [3.63, 3.8) is 0 Å². The first-order valence-electron chi connectivity index (χ1n) is 6.95. The van der Waals surface area contributed by atoms with Gasteiger partial charge in [0.05, 0.1) is 4.21 Å². The van der Waals surface area contributed by atoms with Crippen molar-refractivity contribution in [2.75, 3.05) is 19.8 Å². The summed E-state index contributed by atoms with van der Waals surface area (Å²) in [7, 11) is 0. The summed E-state index contributed by atoms with van der Waals surface area (Å²) < 4.78 is 12.6. The second-order valence-electron chi connectivity index (χ2n) is 4.63. The van der Waals surface area contributed by atoms with Gasteiger partial charge in [0.1, 0.15) is 0 Å². The van der Waals surface area contributed by atoms with E-state index in [0.717, 1.165) is 6.54 Å². The van der Waals surface area contributed by atoms with Gasteiger partial charge >= 0.3 is 0 Å². The Kier molecular flexibility index (Phi) is 6.16. The standard InChI is InChI=1S/C14H23NO2S2/c1-4-16-13(17-5-2)9-15-12-8-10(3)19-14-11(12)6-7-18-14/h6-7,10,12-13,15H,4-5,8-9H2,1-3H3/t10-,12?/m0/s1. The Bertz CT molecular complexity index is 377. The van der Waals surface area contributed by atoms with E-state index in [2.05, 4.69) is 23.7 Å². The molecule has 0 bridgehead atoms. The maximum atomic E-state index is 5.58. The van der Waals surface area contributed by atoms with Gasteiger partial charge in [0.15, 0.2) is 6.29 Å². The Morgan fingerprint density at radius 3 is 2.79 bits per heavy atom. The molecular formula is C14H23NO2S2. The average Bonchev–Trinajstić information content (AvgIpc) is 2.84.